The smallest absolute Gasteiger partial charge is 0.407 e. The number of esters is 1. The first-order valence-electron chi connectivity index (χ1n) is 4.06. The number of nitrogens with zero attached hydrogens (tertiary/aromatic N) is 1. The van der Waals surface area contributed by atoms with Crippen molar-refractivity contribution < 1.29 is 24.5 Å². The predicted octanol–water partition coefficient (Wildman–Crippen LogP) is -1.54. The van der Waals surface area contributed by atoms with Crippen molar-refractivity contribution in [1.29, 1.82) is 0 Å². The van der Waals surface area contributed by atoms with Gasteiger partial charge in [-0.1, -0.05) is 0 Å². The molecule has 0 aliphatic heterocycles. The minimum atomic E-state index is -1.27. The van der Waals surface area contributed by atoms with E-state index in [1.807, 2.05) is 0 Å². The van der Waals surface area contributed by atoms with Gasteiger partial charge in [-0.2, -0.15) is 0 Å². The Kier molecular flexibility index (Phi) is 6.42. The molecule has 0 aromatic heterocycles. The van der Waals surface area contributed by atoms with Gasteiger partial charge in [0.15, 0.2) is 0 Å². The Hall–Kier alpha value is -1.34. The maximum Gasteiger partial charge on any atom is 0.407 e. The molecule has 7 heteroatoms. The van der Waals surface area contributed by atoms with E-state index in [0.29, 0.717) is 0 Å². The van der Waals surface area contributed by atoms with Crippen molar-refractivity contribution in [2.24, 2.45) is 5.73 Å². The fourth-order valence-corrected chi connectivity index (χ4v) is 0.737. The summed E-state index contributed by atoms with van der Waals surface area (Å²) in [6.45, 7) is -0.594. The Morgan fingerprint density at radius 3 is 2.50 bits per heavy atom. The molecule has 0 aliphatic carbocycles. The van der Waals surface area contributed by atoms with Crippen LogP contribution in [0.4, 0.5) is 4.79 Å². The van der Waals surface area contributed by atoms with Crippen LogP contribution >= 0.6 is 0 Å². The van der Waals surface area contributed by atoms with E-state index in [1.54, 1.807) is 0 Å². The number of amides is 1. The molecule has 0 aromatic carbocycles. The maximum atomic E-state index is 10.9. The molecule has 0 aliphatic rings. The van der Waals surface area contributed by atoms with Gasteiger partial charge in [0.2, 0.25) is 0 Å². The molecule has 0 unspecified atom stereocenters. The normalized spacial score (nSPS) is 9.57. The van der Waals surface area contributed by atoms with Gasteiger partial charge in [-0.25, -0.2) is 4.79 Å². The monoisotopic (exact) mass is 206 g/mol. The zero-order valence-electron chi connectivity index (χ0n) is 7.68. The fraction of sp³-hybridized carbons (Fsp3) is 0.714. The molecule has 0 saturated heterocycles. The SMILES string of the molecule is NCCOC(=O)CN(CCO)C(=O)O. The minimum absolute atomic E-state index is 0.0609. The summed E-state index contributed by atoms with van der Waals surface area (Å²) < 4.78 is 4.57. The molecular weight excluding hydrogens is 192 g/mol. The molecule has 0 saturated carbocycles. The van der Waals surface area contributed by atoms with Crippen molar-refractivity contribution in [3.63, 3.8) is 0 Å². The van der Waals surface area contributed by atoms with E-state index < -0.39 is 18.6 Å². The van der Waals surface area contributed by atoms with Crippen LogP contribution in [0.3, 0.4) is 0 Å². The standard InChI is InChI=1S/C7H14N2O5/c8-1-4-14-6(11)5-9(2-3-10)7(12)13/h10H,1-5,8H2,(H,12,13). The van der Waals surface area contributed by atoms with Crippen molar-refractivity contribution in [3.8, 4) is 0 Å². The van der Waals surface area contributed by atoms with Crippen LogP contribution < -0.4 is 5.73 Å². The maximum absolute atomic E-state index is 10.9. The Morgan fingerprint density at radius 1 is 1.43 bits per heavy atom. The van der Waals surface area contributed by atoms with E-state index in [-0.39, 0.29) is 26.3 Å². The van der Waals surface area contributed by atoms with E-state index >= 15 is 0 Å². The van der Waals surface area contributed by atoms with Gasteiger partial charge in [-0.15, -0.1) is 0 Å². The molecule has 0 rings (SSSR count). The summed E-state index contributed by atoms with van der Waals surface area (Å²) in [7, 11) is 0. The topological polar surface area (TPSA) is 113 Å². The highest BCUT2D eigenvalue weighted by Gasteiger charge is 2.15. The van der Waals surface area contributed by atoms with Crippen molar-refractivity contribution in [2.45, 2.75) is 0 Å². The van der Waals surface area contributed by atoms with Crippen molar-refractivity contribution in [2.75, 3.05) is 32.8 Å². The lowest BCUT2D eigenvalue weighted by Crippen LogP contribution is -2.37. The Bertz CT molecular complexity index is 197. The summed E-state index contributed by atoms with van der Waals surface area (Å²) in [6, 6.07) is 0. The average molecular weight is 206 g/mol. The lowest BCUT2D eigenvalue weighted by atomic mass is 10.5. The number of carbonyl (C=O) groups is 2. The molecule has 0 atom stereocenters. The summed E-state index contributed by atoms with van der Waals surface area (Å²) in [5.41, 5.74) is 5.08. The minimum Gasteiger partial charge on any atom is -0.465 e. The molecule has 0 heterocycles. The largest absolute Gasteiger partial charge is 0.465 e. The van der Waals surface area contributed by atoms with E-state index in [0.717, 1.165) is 4.90 Å². The van der Waals surface area contributed by atoms with Crippen molar-refractivity contribution in [1.82, 2.24) is 4.90 Å². The van der Waals surface area contributed by atoms with Gasteiger partial charge in [-0.3, -0.25) is 9.69 Å². The van der Waals surface area contributed by atoms with Gasteiger partial charge < -0.3 is 20.7 Å². The molecule has 0 aromatic rings. The molecule has 14 heavy (non-hydrogen) atoms. The van der Waals surface area contributed by atoms with Crippen molar-refractivity contribution >= 4 is 12.1 Å². The molecule has 0 spiro atoms. The third-order valence-corrected chi connectivity index (χ3v) is 1.34. The van der Waals surface area contributed by atoms with Crippen LogP contribution in [0, 0.1) is 0 Å². The number of rotatable bonds is 6. The second-order valence-electron chi connectivity index (χ2n) is 2.44. The third kappa shape index (κ3) is 5.33. The van der Waals surface area contributed by atoms with Crippen LogP contribution in [0.1, 0.15) is 0 Å². The molecular formula is C7H14N2O5. The van der Waals surface area contributed by atoms with Crippen molar-refractivity contribution in [3.05, 3.63) is 0 Å². The first kappa shape index (κ1) is 12.7. The molecule has 82 valence electrons. The number of aliphatic hydroxyl groups is 1. The van der Waals surface area contributed by atoms with Gasteiger partial charge in [0.1, 0.15) is 13.2 Å². The lowest BCUT2D eigenvalue weighted by molar-refractivity contribution is -0.144. The summed E-state index contributed by atoms with van der Waals surface area (Å²) in [5, 5.41) is 17.1. The average Bonchev–Trinajstić information content (AvgIpc) is 2.14. The lowest BCUT2D eigenvalue weighted by Gasteiger charge is -2.16. The van der Waals surface area contributed by atoms with E-state index in [9.17, 15) is 9.59 Å². The second-order valence-corrected chi connectivity index (χ2v) is 2.44. The quantitative estimate of drug-likeness (QED) is 0.454. The zero-order chi connectivity index (χ0) is 11.0. The summed E-state index contributed by atoms with van der Waals surface area (Å²) in [5.74, 6) is -0.675. The van der Waals surface area contributed by atoms with Crippen LogP contribution in [-0.2, 0) is 9.53 Å². The molecule has 4 N–H and O–H groups in total. The second kappa shape index (κ2) is 7.10. The first-order chi connectivity index (χ1) is 6.61. The first-order valence-corrected chi connectivity index (χ1v) is 4.06. The van der Waals surface area contributed by atoms with E-state index in [2.05, 4.69) is 4.74 Å². The van der Waals surface area contributed by atoms with Gasteiger partial charge in [0.25, 0.3) is 0 Å². The van der Waals surface area contributed by atoms with Gasteiger partial charge in [0.05, 0.1) is 6.61 Å². The predicted molar refractivity (Wildman–Crippen MR) is 46.7 cm³/mol. The van der Waals surface area contributed by atoms with Crippen LogP contribution in [0.15, 0.2) is 0 Å². The zero-order valence-corrected chi connectivity index (χ0v) is 7.68. The Balaban J connectivity index is 3.90. The van der Waals surface area contributed by atoms with Crippen LogP contribution in [0.5, 0.6) is 0 Å². The number of hydrogen-bond donors (Lipinski definition) is 3. The summed E-state index contributed by atoms with van der Waals surface area (Å²) in [6.07, 6.45) is -1.27. The van der Waals surface area contributed by atoms with Crippen LogP contribution in [0.2, 0.25) is 0 Å². The number of hydrogen-bond acceptors (Lipinski definition) is 5. The van der Waals surface area contributed by atoms with Gasteiger partial charge in [0, 0.05) is 13.1 Å². The molecule has 0 bridgehead atoms. The highest BCUT2D eigenvalue weighted by atomic mass is 16.5. The number of ether oxygens (including phenoxy) is 1. The van der Waals surface area contributed by atoms with Crippen LogP contribution in [0.25, 0.3) is 0 Å². The fourth-order valence-electron chi connectivity index (χ4n) is 0.737. The highest BCUT2D eigenvalue weighted by molar-refractivity contribution is 5.77. The highest BCUT2D eigenvalue weighted by Crippen LogP contribution is 1.90. The molecule has 0 fully saturated rings. The van der Waals surface area contributed by atoms with E-state index in [1.165, 1.54) is 0 Å². The van der Waals surface area contributed by atoms with Crippen LogP contribution in [-0.4, -0.2) is 60.0 Å². The molecule has 7 nitrogen and oxygen atoms in total. The number of carbonyl (C=O) groups excluding carboxylic acids is 1. The number of aliphatic hydroxyl groups excluding tert-OH is 1. The van der Waals surface area contributed by atoms with Gasteiger partial charge >= 0.3 is 12.1 Å². The summed E-state index contributed by atoms with van der Waals surface area (Å²) in [4.78, 5) is 22.2. The summed E-state index contributed by atoms with van der Waals surface area (Å²) >= 11 is 0. The Labute approximate surface area is 81.1 Å². The third-order valence-electron chi connectivity index (χ3n) is 1.34. The van der Waals surface area contributed by atoms with E-state index in [4.69, 9.17) is 15.9 Å². The van der Waals surface area contributed by atoms with Gasteiger partial charge in [-0.05, 0) is 0 Å². The molecule has 1 amide bonds. The molecule has 0 radical (unpaired) electrons. The number of nitrogens with two attached hydrogens (primary N) is 1. The Morgan fingerprint density at radius 2 is 2.07 bits per heavy atom. The number of carboxylic acid groups (broad SMARTS) is 1.